The van der Waals surface area contributed by atoms with Crippen molar-refractivity contribution in [2.45, 2.75) is 33.2 Å². The predicted molar refractivity (Wildman–Crippen MR) is 75.4 cm³/mol. The van der Waals surface area contributed by atoms with Crippen molar-refractivity contribution in [1.82, 2.24) is 5.32 Å². The predicted octanol–water partition coefficient (Wildman–Crippen LogP) is 2.70. The first kappa shape index (κ1) is 15.0. The minimum Gasteiger partial charge on any atom is -0.491 e. The Morgan fingerprint density at radius 1 is 1.17 bits per heavy atom. The van der Waals surface area contributed by atoms with Gasteiger partial charge < -0.3 is 14.8 Å². The number of benzene rings is 1. The molecule has 0 aliphatic carbocycles. The van der Waals surface area contributed by atoms with Crippen molar-refractivity contribution in [2.75, 3.05) is 26.9 Å². The fourth-order valence-electron chi connectivity index (χ4n) is 1.93. The SMILES string of the molecule is CCCNC(COC)COc1c(C)cccc1C. The quantitative estimate of drug-likeness (QED) is 0.770. The fourth-order valence-corrected chi connectivity index (χ4v) is 1.93. The van der Waals surface area contributed by atoms with Gasteiger partial charge in [0.15, 0.2) is 0 Å². The Bertz CT molecular complexity index is 332. The van der Waals surface area contributed by atoms with Gasteiger partial charge in [-0.25, -0.2) is 0 Å². The van der Waals surface area contributed by atoms with Crippen LogP contribution < -0.4 is 10.1 Å². The van der Waals surface area contributed by atoms with Crippen LogP contribution in [0.2, 0.25) is 0 Å². The molecule has 0 spiro atoms. The van der Waals surface area contributed by atoms with Crippen LogP contribution in [-0.2, 0) is 4.74 Å². The largest absolute Gasteiger partial charge is 0.491 e. The number of ether oxygens (including phenoxy) is 2. The van der Waals surface area contributed by atoms with E-state index in [2.05, 4.69) is 44.3 Å². The summed E-state index contributed by atoms with van der Waals surface area (Å²) in [5.41, 5.74) is 2.36. The van der Waals surface area contributed by atoms with Gasteiger partial charge in [0.05, 0.1) is 12.6 Å². The number of para-hydroxylation sites is 1. The standard InChI is InChI=1S/C15H25NO2/c1-5-9-16-14(10-17-4)11-18-15-12(2)7-6-8-13(15)3/h6-8,14,16H,5,9-11H2,1-4H3. The summed E-state index contributed by atoms with van der Waals surface area (Å²) >= 11 is 0. The molecule has 0 heterocycles. The molecule has 0 saturated carbocycles. The van der Waals surface area contributed by atoms with Crippen LogP contribution in [0.1, 0.15) is 24.5 Å². The van der Waals surface area contributed by atoms with Crippen molar-refractivity contribution < 1.29 is 9.47 Å². The zero-order chi connectivity index (χ0) is 13.4. The lowest BCUT2D eigenvalue weighted by atomic mass is 10.1. The van der Waals surface area contributed by atoms with E-state index in [0.717, 1.165) is 18.7 Å². The molecule has 0 fully saturated rings. The van der Waals surface area contributed by atoms with Crippen LogP contribution in [0.3, 0.4) is 0 Å². The molecule has 18 heavy (non-hydrogen) atoms. The van der Waals surface area contributed by atoms with Crippen LogP contribution in [0, 0.1) is 13.8 Å². The van der Waals surface area contributed by atoms with Crippen molar-refractivity contribution in [3.63, 3.8) is 0 Å². The van der Waals surface area contributed by atoms with Gasteiger partial charge in [-0.15, -0.1) is 0 Å². The Labute approximate surface area is 110 Å². The molecular weight excluding hydrogens is 226 g/mol. The van der Waals surface area contributed by atoms with Crippen LogP contribution in [0.25, 0.3) is 0 Å². The molecule has 1 N–H and O–H groups in total. The molecule has 1 atom stereocenters. The lowest BCUT2D eigenvalue weighted by Gasteiger charge is -2.20. The van der Waals surface area contributed by atoms with Gasteiger partial charge in [-0.1, -0.05) is 25.1 Å². The van der Waals surface area contributed by atoms with Gasteiger partial charge in [-0.3, -0.25) is 0 Å². The molecule has 0 aliphatic heterocycles. The van der Waals surface area contributed by atoms with E-state index in [1.54, 1.807) is 7.11 Å². The first-order chi connectivity index (χ1) is 8.69. The third-order valence-corrected chi connectivity index (χ3v) is 2.89. The maximum Gasteiger partial charge on any atom is 0.125 e. The van der Waals surface area contributed by atoms with Gasteiger partial charge >= 0.3 is 0 Å². The molecule has 3 heteroatoms. The molecule has 1 rings (SSSR count). The molecule has 0 aliphatic rings. The summed E-state index contributed by atoms with van der Waals surface area (Å²) < 4.78 is 11.1. The zero-order valence-corrected chi connectivity index (χ0v) is 12.0. The van der Waals surface area contributed by atoms with Crippen LogP contribution >= 0.6 is 0 Å². The topological polar surface area (TPSA) is 30.5 Å². The number of nitrogens with one attached hydrogen (secondary N) is 1. The van der Waals surface area contributed by atoms with E-state index in [1.807, 2.05) is 0 Å². The van der Waals surface area contributed by atoms with E-state index >= 15 is 0 Å². The summed E-state index contributed by atoms with van der Waals surface area (Å²) in [4.78, 5) is 0. The van der Waals surface area contributed by atoms with Crippen molar-refractivity contribution in [1.29, 1.82) is 0 Å². The Morgan fingerprint density at radius 2 is 1.83 bits per heavy atom. The van der Waals surface area contributed by atoms with E-state index in [4.69, 9.17) is 9.47 Å². The molecule has 102 valence electrons. The highest BCUT2D eigenvalue weighted by molar-refractivity contribution is 5.39. The number of rotatable bonds is 8. The lowest BCUT2D eigenvalue weighted by Crippen LogP contribution is -2.38. The molecule has 1 aromatic carbocycles. The summed E-state index contributed by atoms with van der Waals surface area (Å²) in [6.45, 7) is 8.61. The highest BCUT2D eigenvalue weighted by atomic mass is 16.5. The maximum atomic E-state index is 5.94. The Morgan fingerprint density at radius 3 is 2.39 bits per heavy atom. The second-order valence-electron chi connectivity index (χ2n) is 4.64. The minimum atomic E-state index is 0.244. The molecule has 0 saturated heterocycles. The highest BCUT2D eigenvalue weighted by Crippen LogP contribution is 2.22. The zero-order valence-electron chi connectivity index (χ0n) is 12.0. The number of aryl methyl sites for hydroxylation is 2. The minimum absolute atomic E-state index is 0.244. The van der Waals surface area contributed by atoms with E-state index in [0.29, 0.717) is 13.2 Å². The third-order valence-electron chi connectivity index (χ3n) is 2.89. The monoisotopic (exact) mass is 251 g/mol. The summed E-state index contributed by atoms with van der Waals surface area (Å²) in [5, 5.41) is 3.43. The van der Waals surface area contributed by atoms with E-state index in [9.17, 15) is 0 Å². The van der Waals surface area contributed by atoms with Crippen molar-refractivity contribution in [3.8, 4) is 5.75 Å². The summed E-state index contributed by atoms with van der Waals surface area (Å²) in [5.74, 6) is 0.997. The summed E-state index contributed by atoms with van der Waals surface area (Å²) in [6.07, 6.45) is 1.11. The fraction of sp³-hybridized carbons (Fsp3) is 0.600. The van der Waals surface area contributed by atoms with E-state index in [1.165, 1.54) is 11.1 Å². The average Bonchev–Trinajstić information content (AvgIpc) is 2.35. The lowest BCUT2D eigenvalue weighted by molar-refractivity contribution is 0.135. The number of hydrogen-bond donors (Lipinski definition) is 1. The average molecular weight is 251 g/mol. The molecule has 0 amide bonds. The van der Waals surface area contributed by atoms with Crippen LogP contribution in [0.4, 0.5) is 0 Å². The molecular formula is C15H25NO2. The molecule has 3 nitrogen and oxygen atoms in total. The second-order valence-corrected chi connectivity index (χ2v) is 4.64. The van der Waals surface area contributed by atoms with Crippen LogP contribution in [0.5, 0.6) is 5.75 Å². The van der Waals surface area contributed by atoms with Gasteiger partial charge in [-0.05, 0) is 37.9 Å². The van der Waals surface area contributed by atoms with Crippen molar-refractivity contribution >= 4 is 0 Å². The summed E-state index contributed by atoms with van der Waals surface area (Å²) in [7, 11) is 1.72. The molecule has 0 bridgehead atoms. The normalized spacial score (nSPS) is 12.4. The van der Waals surface area contributed by atoms with Gasteiger partial charge in [0, 0.05) is 7.11 Å². The number of hydrogen-bond acceptors (Lipinski definition) is 3. The Hall–Kier alpha value is -1.06. The van der Waals surface area contributed by atoms with Gasteiger partial charge in [0.2, 0.25) is 0 Å². The summed E-state index contributed by atoms with van der Waals surface area (Å²) in [6, 6.07) is 6.45. The first-order valence-corrected chi connectivity index (χ1v) is 6.60. The Kier molecular flexibility index (Phi) is 6.76. The molecule has 1 unspecified atom stereocenters. The van der Waals surface area contributed by atoms with Crippen LogP contribution in [-0.4, -0.2) is 32.9 Å². The molecule has 0 radical (unpaired) electrons. The number of methoxy groups -OCH3 is 1. The van der Waals surface area contributed by atoms with E-state index < -0.39 is 0 Å². The van der Waals surface area contributed by atoms with E-state index in [-0.39, 0.29) is 6.04 Å². The second kappa shape index (κ2) is 8.11. The van der Waals surface area contributed by atoms with Gasteiger partial charge in [0.1, 0.15) is 12.4 Å². The highest BCUT2D eigenvalue weighted by Gasteiger charge is 2.10. The van der Waals surface area contributed by atoms with Crippen molar-refractivity contribution in [2.24, 2.45) is 0 Å². The third kappa shape index (κ3) is 4.67. The Balaban J connectivity index is 2.55. The van der Waals surface area contributed by atoms with Crippen LogP contribution in [0.15, 0.2) is 18.2 Å². The molecule has 1 aromatic rings. The molecule has 0 aromatic heterocycles. The van der Waals surface area contributed by atoms with Gasteiger partial charge in [-0.2, -0.15) is 0 Å². The van der Waals surface area contributed by atoms with Crippen molar-refractivity contribution in [3.05, 3.63) is 29.3 Å². The first-order valence-electron chi connectivity index (χ1n) is 6.60. The smallest absolute Gasteiger partial charge is 0.125 e. The van der Waals surface area contributed by atoms with Gasteiger partial charge in [0.25, 0.3) is 0 Å². The maximum absolute atomic E-state index is 5.94.